The first kappa shape index (κ1) is 11.0. The van der Waals surface area contributed by atoms with Gasteiger partial charge in [-0.3, -0.25) is 9.80 Å². The Morgan fingerprint density at radius 3 is 2.23 bits per heavy atom. The summed E-state index contributed by atoms with van der Waals surface area (Å²) in [5.41, 5.74) is 0. The molecule has 0 bridgehead atoms. The zero-order valence-corrected chi connectivity index (χ0v) is 9.12. The first-order valence-corrected chi connectivity index (χ1v) is 5.19. The minimum absolute atomic E-state index is 0.699. The largest absolute Gasteiger partial charge is 0.383 e. The number of nitrogens with zero attached hydrogens (tertiary/aromatic N) is 2. The lowest BCUT2D eigenvalue weighted by Crippen LogP contribution is -2.49. The van der Waals surface area contributed by atoms with Crippen LogP contribution in [0.3, 0.4) is 0 Å². The summed E-state index contributed by atoms with van der Waals surface area (Å²) in [4.78, 5) is 5.01. The predicted molar refractivity (Wildman–Crippen MR) is 55.0 cm³/mol. The van der Waals surface area contributed by atoms with Crippen molar-refractivity contribution in [3.63, 3.8) is 0 Å². The Balaban J connectivity index is 2.15. The van der Waals surface area contributed by atoms with E-state index < -0.39 is 0 Å². The Hall–Kier alpha value is -0.120. The predicted octanol–water partition coefficient (Wildman–Crippen LogP) is 0.659. The van der Waals surface area contributed by atoms with E-state index in [0.717, 1.165) is 13.2 Å². The van der Waals surface area contributed by atoms with Gasteiger partial charge in [-0.15, -0.1) is 0 Å². The second-order valence-electron chi connectivity index (χ2n) is 3.96. The van der Waals surface area contributed by atoms with Crippen LogP contribution in [0.2, 0.25) is 0 Å². The molecule has 0 aliphatic carbocycles. The van der Waals surface area contributed by atoms with Crippen molar-refractivity contribution in [2.45, 2.75) is 19.9 Å². The van der Waals surface area contributed by atoms with Crippen LogP contribution in [-0.4, -0.2) is 62.3 Å². The van der Waals surface area contributed by atoms with Gasteiger partial charge in [0.25, 0.3) is 0 Å². The molecule has 0 aromatic carbocycles. The molecule has 0 N–H and O–H groups in total. The van der Waals surface area contributed by atoms with Gasteiger partial charge < -0.3 is 4.74 Å². The van der Waals surface area contributed by atoms with Crippen molar-refractivity contribution < 1.29 is 4.74 Å². The molecule has 1 heterocycles. The fourth-order valence-electron chi connectivity index (χ4n) is 1.72. The Morgan fingerprint density at radius 1 is 1.15 bits per heavy atom. The van der Waals surface area contributed by atoms with E-state index in [1.807, 2.05) is 0 Å². The lowest BCUT2D eigenvalue weighted by Gasteiger charge is -2.36. The second kappa shape index (κ2) is 5.58. The molecule has 1 fully saturated rings. The molecule has 1 rings (SSSR count). The average molecular weight is 186 g/mol. The van der Waals surface area contributed by atoms with E-state index in [1.165, 1.54) is 26.2 Å². The zero-order valence-electron chi connectivity index (χ0n) is 9.12. The Labute approximate surface area is 81.7 Å². The van der Waals surface area contributed by atoms with Gasteiger partial charge in [-0.2, -0.15) is 0 Å². The molecule has 0 atom stereocenters. The minimum atomic E-state index is 0.699. The maximum absolute atomic E-state index is 5.06. The Bertz CT molecular complexity index is 131. The standard InChI is InChI=1S/C10H22N2O/c1-10(2)12-6-4-11(5-7-12)8-9-13-3/h10H,4-9H2,1-3H3. The third-order valence-electron chi connectivity index (χ3n) is 2.75. The molecule has 0 amide bonds. The molecule has 0 aromatic rings. The van der Waals surface area contributed by atoms with Gasteiger partial charge in [-0.25, -0.2) is 0 Å². The van der Waals surface area contributed by atoms with Crippen molar-refractivity contribution in [2.75, 3.05) is 46.4 Å². The van der Waals surface area contributed by atoms with Gasteiger partial charge in [0.2, 0.25) is 0 Å². The van der Waals surface area contributed by atoms with Crippen molar-refractivity contribution in [3.8, 4) is 0 Å². The molecule has 1 aliphatic heterocycles. The van der Waals surface area contributed by atoms with Crippen LogP contribution in [0.25, 0.3) is 0 Å². The summed E-state index contributed by atoms with van der Waals surface area (Å²) in [5, 5.41) is 0. The maximum Gasteiger partial charge on any atom is 0.0589 e. The summed E-state index contributed by atoms with van der Waals surface area (Å²) in [6, 6.07) is 0.699. The van der Waals surface area contributed by atoms with Crippen LogP contribution in [0.15, 0.2) is 0 Å². The maximum atomic E-state index is 5.06. The molecule has 0 radical (unpaired) electrons. The molecule has 1 aliphatic rings. The fraction of sp³-hybridized carbons (Fsp3) is 1.00. The van der Waals surface area contributed by atoms with Crippen molar-refractivity contribution in [1.82, 2.24) is 9.80 Å². The fourth-order valence-corrected chi connectivity index (χ4v) is 1.72. The molecule has 0 spiro atoms. The molecular weight excluding hydrogens is 164 g/mol. The number of methoxy groups -OCH3 is 1. The average Bonchev–Trinajstić information content (AvgIpc) is 2.15. The Morgan fingerprint density at radius 2 is 1.77 bits per heavy atom. The van der Waals surface area contributed by atoms with Crippen molar-refractivity contribution >= 4 is 0 Å². The number of hydrogen-bond acceptors (Lipinski definition) is 3. The molecule has 13 heavy (non-hydrogen) atoms. The lowest BCUT2D eigenvalue weighted by molar-refractivity contribution is 0.0828. The number of hydrogen-bond donors (Lipinski definition) is 0. The van der Waals surface area contributed by atoms with Gasteiger partial charge in [-0.05, 0) is 13.8 Å². The summed E-state index contributed by atoms with van der Waals surface area (Å²) >= 11 is 0. The highest BCUT2D eigenvalue weighted by atomic mass is 16.5. The quantitative estimate of drug-likeness (QED) is 0.641. The summed E-state index contributed by atoms with van der Waals surface area (Å²) in [5.74, 6) is 0. The summed E-state index contributed by atoms with van der Waals surface area (Å²) < 4.78 is 5.06. The van der Waals surface area contributed by atoms with E-state index in [4.69, 9.17) is 4.74 Å². The number of ether oxygens (including phenoxy) is 1. The lowest BCUT2D eigenvalue weighted by atomic mass is 10.2. The number of rotatable bonds is 4. The molecule has 3 nitrogen and oxygen atoms in total. The van der Waals surface area contributed by atoms with E-state index >= 15 is 0 Å². The van der Waals surface area contributed by atoms with E-state index in [0.29, 0.717) is 6.04 Å². The van der Waals surface area contributed by atoms with Crippen LogP contribution in [0.5, 0.6) is 0 Å². The summed E-state index contributed by atoms with van der Waals surface area (Å²) in [6.45, 7) is 11.3. The normalized spacial score (nSPS) is 21.2. The van der Waals surface area contributed by atoms with Gasteiger partial charge in [0.15, 0.2) is 0 Å². The van der Waals surface area contributed by atoms with Gasteiger partial charge in [-0.1, -0.05) is 0 Å². The summed E-state index contributed by atoms with van der Waals surface area (Å²) in [7, 11) is 1.77. The highest BCUT2D eigenvalue weighted by molar-refractivity contribution is 4.73. The van der Waals surface area contributed by atoms with Crippen LogP contribution in [0, 0.1) is 0 Å². The third kappa shape index (κ3) is 3.63. The first-order chi connectivity index (χ1) is 6.24. The third-order valence-corrected chi connectivity index (χ3v) is 2.75. The molecule has 78 valence electrons. The van der Waals surface area contributed by atoms with E-state index in [-0.39, 0.29) is 0 Å². The smallest absolute Gasteiger partial charge is 0.0589 e. The van der Waals surface area contributed by atoms with Gasteiger partial charge in [0.1, 0.15) is 0 Å². The SMILES string of the molecule is COCCN1CCN(C(C)C)CC1. The molecule has 1 saturated heterocycles. The van der Waals surface area contributed by atoms with Crippen LogP contribution in [-0.2, 0) is 4.74 Å². The van der Waals surface area contributed by atoms with Crippen LogP contribution < -0.4 is 0 Å². The van der Waals surface area contributed by atoms with Crippen molar-refractivity contribution in [1.29, 1.82) is 0 Å². The first-order valence-electron chi connectivity index (χ1n) is 5.19. The van der Waals surface area contributed by atoms with Gasteiger partial charge in [0.05, 0.1) is 6.61 Å². The minimum Gasteiger partial charge on any atom is -0.383 e. The van der Waals surface area contributed by atoms with Crippen molar-refractivity contribution in [3.05, 3.63) is 0 Å². The second-order valence-corrected chi connectivity index (χ2v) is 3.96. The molecule has 3 heteroatoms. The van der Waals surface area contributed by atoms with E-state index in [2.05, 4.69) is 23.6 Å². The molecule has 0 unspecified atom stereocenters. The zero-order chi connectivity index (χ0) is 9.68. The Kier molecular flexibility index (Phi) is 4.70. The highest BCUT2D eigenvalue weighted by Crippen LogP contribution is 2.04. The summed E-state index contributed by atoms with van der Waals surface area (Å²) in [6.07, 6.45) is 0. The van der Waals surface area contributed by atoms with Crippen LogP contribution in [0.1, 0.15) is 13.8 Å². The van der Waals surface area contributed by atoms with Gasteiger partial charge in [0, 0.05) is 45.9 Å². The molecule has 0 aromatic heterocycles. The van der Waals surface area contributed by atoms with Crippen molar-refractivity contribution in [2.24, 2.45) is 0 Å². The van der Waals surface area contributed by atoms with E-state index in [1.54, 1.807) is 7.11 Å². The van der Waals surface area contributed by atoms with Gasteiger partial charge >= 0.3 is 0 Å². The van der Waals surface area contributed by atoms with Crippen LogP contribution >= 0.6 is 0 Å². The highest BCUT2D eigenvalue weighted by Gasteiger charge is 2.17. The molecular formula is C10H22N2O. The topological polar surface area (TPSA) is 15.7 Å². The van der Waals surface area contributed by atoms with Crippen LogP contribution in [0.4, 0.5) is 0 Å². The number of piperazine rings is 1. The monoisotopic (exact) mass is 186 g/mol. The molecule has 0 saturated carbocycles. The van der Waals surface area contributed by atoms with E-state index in [9.17, 15) is 0 Å².